The highest BCUT2D eigenvalue weighted by Crippen LogP contribution is 2.13. The van der Waals surface area contributed by atoms with Crippen molar-refractivity contribution in [1.29, 1.82) is 0 Å². The highest BCUT2D eigenvalue weighted by Gasteiger charge is 2.26. The molecule has 0 aliphatic carbocycles. The molecule has 0 aromatic carbocycles. The van der Waals surface area contributed by atoms with E-state index in [4.69, 9.17) is 4.84 Å². The first-order valence-electron chi connectivity index (χ1n) is 7.14. The largest absolute Gasteiger partial charge is 0.399 e. The van der Waals surface area contributed by atoms with Crippen molar-refractivity contribution in [2.75, 3.05) is 40.3 Å². The predicted octanol–water partition coefficient (Wildman–Crippen LogP) is 1.15. The van der Waals surface area contributed by atoms with Crippen molar-refractivity contribution >= 4 is 11.5 Å². The van der Waals surface area contributed by atoms with Gasteiger partial charge in [-0.05, 0) is 19.9 Å². The molecule has 19 heavy (non-hydrogen) atoms. The van der Waals surface area contributed by atoms with Crippen molar-refractivity contribution in [2.45, 2.75) is 26.7 Å². The number of Topliss-reactive ketones (excluding diaryl/α,β-unsaturated/α-hetero) is 1. The van der Waals surface area contributed by atoms with E-state index in [0.29, 0.717) is 24.2 Å². The van der Waals surface area contributed by atoms with Crippen LogP contribution in [0.4, 0.5) is 0 Å². The summed E-state index contributed by atoms with van der Waals surface area (Å²) in [6, 6.07) is 0. The molecule has 2 unspecified atom stereocenters. The molecule has 110 valence electrons. The second-order valence-electron chi connectivity index (χ2n) is 5.27. The summed E-state index contributed by atoms with van der Waals surface area (Å²) in [4.78, 5) is 17.8. The van der Waals surface area contributed by atoms with Crippen LogP contribution in [0.15, 0.2) is 5.16 Å². The lowest BCUT2D eigenvalue weighted by atomic mass is 10.1. The predicted molar refractivity (Wildman–Crippen MR) is 77.4 cm³/mol. The fourth-order valence-corrected chi connectivity index (χ4v) is 2.54. The zero-order valence-corrected chi connectivity index (χ0v) is 12.6. The molecule has 0 amide bonds. The topological polar surface area (TPSA) is 53.9 Å². The molecule has 5 nitrogen and oxygen atoms in total. The summed E-state index contributed by atoms with van der Waals surface area (Å²) >= 11 is 0. The Morgan fingerprint density at radius 2 is 2.05 bits per heavy atom. The van der Waals surface area contributed by atoms with Gasteiger partial charge in [-0.1, -0.05) is 19.0 Å². The van der Waals surface area contributed by atoms with Crippen LogP contribution in [0.5, 0.6) is 0 Å². The number of rotatable bonds is 3. The van der Waals surface area contributed by atoms with Crippen LogP contribution in [0.2, 0.25) is 0 Å². The van der Waals surface area contributed by atoms with E-state index in [1.54, 1.807) is 7.11 Å². The van der Waals surface area contributed by atoms with Crippen LogP contribution in [-0.4, -0.2) is 56.7 Å². The second kappa shape index (κ2) is 8.27. The summed E-state index contributed by atoms with van der Waals surface area (Å²) in [7, 11) is 3.59. The maximum absolute atomic E-state index is 11.0. The second-order valence-corrected chi connectivity index (χ2v) is 5.27. The van der Waals surface area contributed by atoms with E-state index < -0.39 is 0 Å². The summed E-state index contributed by atoms with van der Waals surface area (Å²) in [5.74, 6) is 1.34. The van der Waals surface area contributed by atoms with E-state index in [2.05, 4.69) is 29.2 Å². The fourth-order valence-electron chi connectivity index (χ4n) is 2.54. The van der Waals surface area contributed by atoms with Gasteiger partial charge in [-0.25, -0.2) is 0 Å². The Bertz CT molecular complexity index is 318. The summed E-state index contributed by atoms with van der Waals surface area (Å²) in [5, 5.41) is 7.18. The van der Waals surface area contributed by atoms with Gasteiger partial charge >= 0.3 is 0 Å². The first-order valence-corrected chi connectivity index (χ1v) is 7.14. The molecule has 2 saturated heterocycles. The first-order chi connectivity index (χ1) is 9.12. The van der Waals surface area contributed by atoms with Crippen molar-refractivity contribution in [3.05, 3.63) is 0 Å². The minimum absolute atomic E-state index is 0.329. The molecule has 2 heterocycles. The normalized spacial score (nSPS) is 29.5. The van der Waals surface area contributed by atoms with E-state index in [1.165, 1.54) is 0 Å². The first kappa shape index (κ1) is 16.1. The molecule has 0 radical (unpaired) electrons. The van der Waals surface area contributed by atoms with E-state index in [0.717, 1.165) is 38.2 Å². The fraction of sp³-hybridized carbons (Fsp3) is 0.857. The van der Waals surface area contributed by atoms with Gasteiger partial charge < -0.3 is 10.2 Å². The Morgan fingerprint density at radius 1 is 1.37 bits per heavy atom. The Labute approximate surface area is 116 Å². The molecule has 2 rings (SSSR count). The standard InChI is InChI=1S/C7H14N2O.C7H13NO/c1-3-6-4-8-5-7(6)9-10-2;1-3-6-4-8(2)5-7(6)9/h6,8H,3-5H2,1-2H3;6H,3-5H2,1-2H3/b9-7+;. The van der Waals surface area contributed by atoms with E-state index >= 15 is 0 Å². The van der Waals surface area contributed by atoms with E-state index in [-0.39, 0.29) is 0 Å². The Morgan fingerprint density at radius 3 is 2.47 bits per heavy atom. The number of likely N-dealkylation sites (tertiary alicyclic amines) is 1. The highest BCUT2D eigenvalue weighted by molar-refractivity contribution is 5.90. The quantitative estimate of drug-likeness (QED) is 0.781. The van der Waals surface area contributed by atoms with Gasteiger partial charge in [-0.3, -0.25) is 9.69 Å². The maximum Gasteiger partial charge on any atom is 0.151 e. The minimum atomic E-state index is 0.329. The third-order valence-corrected chi connectivity index (χ3v) is 3.78. The average Bonchev–Trinajstić information content (AvgIpc) is 2.96. The Hall–Kier alpha value is -0.940. The molecule has 0 bridgehead atoms. The molecule has 0 saturated carbocycles. The number of nitrogens with zero attached hydrogens (tertiary/aromatic N) is 2. The lowest BCUT2D eigenvalue weighted by Crippen LogP contribution is -2.13. The third-order valence-electron chi connectivity index (χ3n) is 3.78. The number of hydrogen-bond acceptors (Lipinski definition) is 5. The van der Waals surface area contributed by atoms with Gasteiger partial charge in [0.15, 0.2) is 5.78 Å². The number of carbonyl (C=O) groups excluding carboxylic acids is 1. The lowest BCUT2D eigenvalue weighted by Gasteiger charge is -2.04. The zero-order valence-electron chi connectivity index (χ0n) is 12.6. The van der Waals surface area contributed by atoms with Crippen LogP contribution in [0.3, 0.4) is 0 Å². The van der Waals surface area contributed by atoms with Gasteiger partial charge in [-0.2, -0.15) is 0 Å². The summed E-state index contributed by atoms with van der Waals surface area (Å²) in [6.07, 6.45) is 2.15. The van der Waals surface area contributed by atoms with Gasteiger partial charge in [0, 0.05) is 31.5 Å². The van der Waals surface area contributed by atoms with E-state index in [1.807, 2.05) is 7.05 Å². The molecular weight excluding hydrogens is 242 g/mol. The monoisotopic (exact) mass is 269 g/mol. The summed E-state index contributed by atoms with van der Waals surface area (Å²) < 4.78 is 0. The van der Waals surface area contributed by atoms with Crippen molar-refractivity contribution in [3.63, 3.8) is 0 Å². The van der Waals surface area contributed by atoms with Crippen LogP contribution in [0.1, 0.15) is 26.7 Å². The Kier molecular flexibility index (Phi) is 7.02. The van der Waals surface area contributed by atoms with Crippen molar-refractivity contribution in [1.82, 2.24) is 10.2 Å². The van der Waals surface area contributed by atoms with Crippen LogP contribution in [0, 0.1) is 11.8 Å². The lowest BCUT2D eigenvalue weighted by molar-refractivity contribution is -0.119. The molecular formula is C14H27N3O2. The van der Waals surface area contributed by atoms with E-state index in [9.17, 15) is 4.79 Å². The molecule has 0 spiro atoms. The number of nitrogens with one attached hydrogen (secondary N) is 1. The van der Waals surface area contributed by atoms with Crippen LogP contribution < -0.4 is 5.32 Å². The minimum Gasteiger partial charge on any atom is -0.399 e. The summed E-state index contributed by atoms with van der Waals surface area (Å²) in [6.45, 7) is 7.82. The molecule has 2 aliphatic heterocycles. The molecule has 2 fully saturated rings. The summed E-state index contributed by atoms with van der Waals surface area (Å²) in [5.41, 5.74) is 1.16. The van der Waals surface area contributed by atoms with Crippen molar-refractivity contribution in [2.24, 2.45) is 17.0 Å². The molecule has 0 aromatic rings. The average molecular weight is 269 g/mol. The van der Waals surface area contributed by atoms with Gasteiger partial charge in [-0.15, -0.1) is 0 Å². The number of hydrogen-bond donors (Lipinski definition) is 1. The number of carbonyl (C=O) groups is 1. The van der Waals surface area contributed by atoms with Gasteiger partial charge in [0.2, 0.25) is 0 Å². The van der Waals surface area contributed by atoms with Crippen LogP contribution in [0.25, 0.3) is 0 Å². The zero-order chi connectivity index (χ0) is 14.3. The molecule has 5 heteroatoms. The molecule has 1 N–H and O–H groups in total. The van der Waals surface area contributed by atoms with Crippen molar-refractivity contribution in [3.8, 4) is 0 Å². The van der Waals surface area contributed by atoms with Gasteiger partial charge in [0.25, 0.3) is 0 Å². The Balaban J connectivity index is 0.000000191. The van der Waals surface area contributed by atoms with Gasteiger partial charge in [0.1, 0.15) is 7.11 Å². The van der Waals surface area contributed by atoms with Crippen LogP contribution >= 0.6 is 0 Å². The molecule has 2 aliphatic rings. The highest BCUT2D eigenvalue weighted by atomic mass is 16.6. The van der Waals surface area contributed by atoms with Crippen LogP contribution in [-0.2, 0) is 9.63 Å². The number of likely N-dealkylation sites (N-methyl/N-ethyl adjacent to an activating group) is 1. The third kappa shape index (κ3) is 4.91. The molecule has 2 atom stereocenters. The maximum atomic E-state index is 11.0. The molecule has 0 aromatic heterocycles. The van der Waals surface area contributed by atoms with Gasteiger partial charge in [0.05, 0.1) is 12.3 Å². The smallest absolute Gasteiger partial charge is 0.151 e. The number of ketones is 1. The SMILES string of the molecule is CCC1CN(C)CC1=O.CCC1CNC/C1=N\OC. The number of oxime groups is 1. The van der Waals surface area contributed by atoms with Crippen molar-refractivity contribution < 1.29 is 9.63 Å².